The number of halogens is 7. The third kappa shape index (κ3) is 4.29. The average Bonchev–Trinajstić information content (AvgIpc) is 2.67. The Morgan fingerprint density at radius 3 is 2.03 bits per heavy atom. The van der Waals surface area contributed by atoms with Crippen LogP contribution < -0.4 is 0 Å². The molecule has 3 aromatic rings. The molecule has 0 fully saturated rings. The summed E-state index contributed by atoms with van der Waals surface area (Å²) in [5.41, 5.74) is -3.75. The van der Waals surface area contributed by atoms with Gasteiger partial charge in [0, 0.05) is 10.6 Å². The normalized spacial score (nSPS) is 13.0. The molecule has 0 saturated carbocycles. The summed E-state index contributed by atoms with van der Waals surface area (Å²) in [7, 11) is 0. The summed E-state index contributed by atoms with van der Waals surface area (Å²) in [6.45, 7) is 1.07. The van der Waals surface area contributed by atoms with Gasteiger partial charge in [-0.25, -0.2) is 18.2 Å². The molecular weight excluding hydrogens is 432 g/mol. The first-order valence-electron chi connectivity index (χ1n) is 8.60. The van der Waals surface area contributed by atoms with E-state index in [1.54, 1.807) is 0 Å². The number of aromatic nitrogens is 1. The molecule has 0 aliphatic heterocycles. The highest BCUT2D eigenvalue weighted by molar-refractivity contribution is 6.30. The van der Waals surface area contributed by atoms with E-state index in [4.69, 9.17) is 11.6 Å². The van der Waals surface area contributed by atoms with Crippen LogP contribution >= 0.6 is 11.6 Å². The fourth-order valence-corrected chi connectivity index (χ4v) is 3.36. The molecule has 1 unspecified atom stereocenters. The van der Waals surface area contributed by atoms with Crippen molar-refractivity contribution >= 4 is 11.6 Å². The van der Waals surface area contributed by atoms with Gasteiger partial charge in [-0.05, 0) is 53.4 Å². The number of rotatable bonds is 4. The van der Waals surface area contributed by atoms with Gasteiger partial charge in [0.25, 0.3) is 6.43 Å². The molecule has 0 spiro atoms. The Kier molecular flexibility index (Phi) is 6.10. The van der Waals surface area contributed by atoms with E-state index >= 15 is 0 Å². The number of hydrogen-bond donors (Lipinski definition) is 1. The van der Waals surface area contributed by atoms with E-state index < -0.39 is 47.0 Å². The zero-order chi connectivity index (χ0) is 22.2. The number of aliphatic hydroxyl groups is 1. The van der Waals surface area contributed by atoms with Crippen LogP contribution in [0.15, 0.2) is 48.5 Å². The fraction of sp³-hybridized carbons (Fsp3) is 0.190. The van der Waals surface area contributed by atoms with E-state index in [1.165, 1.54) is 24.3 Å². The second-order valence-corrected chi connectivity index (χ2v) is 6.96. The van der Waals surface area contributed by atoms with Gasteiger partial charge in [0.05, 0.1) is 0 Å². The molecule has 1 atom stereocenters. The van der Waals surface area contributed by atoms with Crippen LogP contribution in [0.2, 0.25) is 5.02 Å². The van der Waals surface area contributed by atoms with Gasteiger partial charge >= 0.3 is 6.18 Å². The van der Waals surface area contributed by atoms with Gasteiger partial charge in [0.2, 0.25) is 0 Å². The number of benzene rings is 2. The van der Waals surface area contributed by atoms with Crippen molar-refractivity contribution in [2.75, 3.05) is 0 Å². The minimum Gasteiger partial charge on any atom is -0.384 e. The van der Waals surface area contributed by atoms with Crippen LogP contribution in [0.5, 0.6) is 0 Å². The lowest BCUT2D eigenvalue weighted by Gasteiger charge is -2.24. The number of pyridine rings is 1. The first-order valence-corrected chi connectivity index (χ1v) is 8.97. The molecule has 0 aliphatic rings. The molecule has 30 heavy (non-hydrogen) atoms. The molecule has 1 N–H and O–H groups in total. The summed E-state index contributed by atoms with van der Waals surface area (Å²) in [5.74, 6) is -0.657. The molecule has 0 amide bonds. The maximum atomic E-state index is 13.8. The summed E-state index contributed by atoms with van der Waals surface area (Å²) in [6.07, 6.45) is -10.1. The monoisotopic (exact) mass is 445 g/mol. The van der Waals surface area contributed by atoms with Crippen LogP contribution in [0.4, 0.5) is 26.3 Å². The van der Waals surface area contributed by atoms with Crippen LogP contribution in [0.1, 0.15) is 40.6 Å². The molecular formula is C21H14ClF6NO. The summed E-state index contributed by atoms with van der Waals surface area (Å²) in [6, 6.07) is 9.84. The molecule has 0 aliphatic carbocycles. The number of aliphatic hydroxyl groups excluding tert-OH is 1. The highest BCUT2D eigenvalue weighted by Gasteiger charge is 2.39. The first kappa shape index (κ1) is 22.1. The molecule has 0 saturated heterocycles. The Balaban J connectivity index is 2.39. The fourth-order valence-electron chi connectivity index (χ4n) is 3.23. The van der Waals surface area contributed by atoms with Crippen LogP contribution in [0, 0.1) is 12.7 Å². The number of hydrogen-bond acceptors (Lipinski definition) is 2. The van der Waals surface area contributed by atoms with Crippen molar-refractivity contribution in [2.45, 2.75) is 25.6 Å². The molecule has 3 rings (SSSR count). The zero-order valence-corrected chi connectivity index (χ0v) is 16.1. The zero-order valence-electron chi connectivity index (χ0n) is 15.3. The maximum absolute atomic E-state index is 13.8. The van der Waals surface area contributed by atoms with Gasteiger partial charge < -0.3 is 5.11 Å². The summed E-state index contributed by atoms with van der Waals surface area (Å²) in [4.78, 5) is 3.18. The second kappa shape index (κ2) is 8.28. The Morgan fingerprint density at radius 1 is 0.967 bits per heavy atom. The lowest BCUT2D eigenvalue weighted by atomic mass is 9.87. The highest BCUT2D eigenvalue weighted by Crippen LogP contribution is 2.43. The predicted octanol–water partition coefficient (Wildman–Crippen LogP) is 6.89. The quantitative estimate of drug-likeness (QED) is 0.444. The van der Waals surface area contributed by atoms with E-state index in [0.29, 0.717) is 5.02 Å². The first-order chi connectivity index (χ1) is 14.0. The number of nitrogens with zero attached hydrogens (tertiary/aromatic N) is 1. The van der Waals surface area contributed by atoms with Gasteiger partial charge in [-0.3, -0.25) is 0 Å². The van der Waals surface area contributed by atoms with Crippen LogP contribution in [-0.4, -0.2) is 10.1 Å². The lowest BCUT2D eigenvalue weighted by Crippen LogP contribution is -2.18. The van der Waals surface area contributed by atoms with Crippen molar-refractivity contribution < 1.29 is 31.4 Å². The average molecular weight is 446 g/mol. The molecule has 9 heteroatoms. The molecule has 1 aromatic heterocycles. The van der Waals surface area contributed by atoms with Gasteiger partial charge in [0.1, 0.15) is 23.3 Å². The molecule has 0 bridgehead atoms. The van der Waals surface area contributed by atoms with E-state index in [0.717, 1.165) is 31.2 Å². The van der Waals surface area contributed by atoms with Gasteiger partial charge in [-0.15, -0.1) is 0 Å². The smallest absolute Gasteiger partial charge is 0.384 e. The molecule has 1 heterocycles. The standard InChI is InChI=1S/C21H14ClF6NO/c1-10-15(11-4-8-14(23)9-5-11)16(18(30)12-2-6-13(22)7-3-12)17(20(24)25)29-19(10)21(26,27)28/h2-9,18,20,30H,1H3. The summed E-state index contributed by atoms with van der Waals surface area (Å²) < 4.78 is 81.5. The largest absolute Gasteiger partial charge is 0.433 e. The van der Waals surface area contributed by atoms with Crippen molar-refractivity contribution in [3.8, 4) is 11.1 Å². The topological polar surface area (TPSA) is 33.1 Å². The van der Waals surface area contributed by atoms with Crippen molar-refractivity contribution in [3.05, 3.63) is 87.4 Å². The molecule has 2 aromatic carbocycles. The third-order valence-electron chi connectivity index (χ3n) is 4.58. The minimum absolute atomic E-state index is 0.0340. The van der Waals surface area contributed by atoms with E-state index in [-0.39, 0.29) is 16.7 Å². The summed E-state index contributed by atoms with van der Waals surface area (Å²) in [5, 5.41) is 11.2. The molecule has 2 nitrogen and oxygen atoms in total. The SMILES string of the molecule is Cc1c(C(F)(F)F)nc(C(F)F)c(C(O)c2ccc(Cl)cc2)c1-c1ccc(F)cc1. The predicted molar refractivity (Wildman–Crippen MR) is 99.8 cm³/mol. The van der Waals surface area contributed by atoms with E-state index in [9.17, 15) is 31.4 Å². The number of alkyl halides is 5. The summed E-state index contributed by atoms with van der Waals surface area (Å²) >= 11 is 5.81. The Bertz CT molecular complexity index is 1050. The lowest BCUT2D eigenvalue weighted by molar-refractivity contribution is -0.141. The van der Waals surface area contributed by atoms with Gasteiger partial charge in [-0.2, -0.15) is 13.2 Å². The third-order valence-corrected chi connectivity index (χ3v) is 4.83. The Hall–Kier alpha value is -2.58. The minimum atomic E-state index is -5.01. The van der Waals surface area contributed by atoms with Crippen molar-refractivity contribution in [1.29, 1.82) is 0 Å². The van der Waals surface area contributed by atoms with E-state index in [1.807, 2.05) is 0 Å². The van der Waals surface area contributed by atoms with Crippen molar-refractivity contribution in [1.82, 2.24) is 4.98 Å². The highest BCUT2D eigenvalue weighted by atomic mass is 35.5. The Labute approximate surface area is 172 Å². The molecule has 0 radical (unpaired) electrons. The Morgan fingerprint density at radius 2 is 1.53 bits per heavy atom. The van der Waals surface area contributed by atoms with Crippen molar-refractivity contribution in [2.24, 2.45) is 0 Å². The van der Waals surface area contributed by atoms with Crippen LogP contribution in [0.3, 0.4) is 0 Å². The van der Waals surface area contributed by atoms with E-state index in [2.05, 4.69) is 4.98 Å². The molecule has 158 valence electrons. The van der Waals surface area contributed by atoms with Crippen LogP contribution in [0.25, 0.3) is 11.1 Å². The van der Waals surface area contributed by atoms with Crippen LogP contribution in [-0.2, 0) is 6.18 Å². The second-order valence-electron chi connectivity index (χ2n) is 6.52. The van der Waals surface area contributed by atoms with Gasteiger partial charge in [0.15, 0.2) is 0 Å². The van der Waals surface area contributed by atoms with Crippen molar-refractivity contribution in [3.63, 3.8) is 0 Å². The van der Waals surface area contributed by atoms with Gasteiger partial charge in [-0.1, -0.05) is 35.9 Å². The maximum Gasteiger partial charge on any atom is 0.433 e.